The largest absolute Gasteiger partial charge is 0.363 e. The summed E-state index contributed by atoms with van der Waals surface area (Å²) in [6, 6.07) is 4.76. The van der Waals surface area contributed by atoms with Gasteiger partial charge in [-0.15, -0.1) is 0 Å². The Morgan fingerprint density at radius 3 is 2.67 bits per heavy atom. The van der Waals surface area contributed by atoms with E-state index < -0.39 is 11.6 Å². The van der Waals surface area contributed by atoms with Crippen LogP contribution in [0.3, 0.4) is 0 Å². The van der Waals surface area contributed by atoms with Crippen molar-refractivity contribution in [3.63, 3.8) is 0 Å². The first-order valence-corrected chi connectivity index (χ1v) is 8.02. The topological polar surface area (TPSA) is 6.48 Å². The average molecular weight is 294 g/mol. The van der Waals surface area contributed by atoms with Gasteiger partial charge in [0.05, 0.1) is 5.69 Å². The molecule has 0 aromatic heterocycles. The van der Waals surface area contributed by atoms with Crippen LogP contribution in [0.15, 0.2) is 18.2 Å². The fraction of sp³-hybridized carbons (Fsp3) is 0.647. The summed E-state index contributed by atoms with van der Waals surface area (Å²) in [6.07, 6.45) is 3.71. The second kappa shape index (κ2) is 5.91. The SMILES string of the molecule is CC(C)C1CN2CCCCC2CN1c1ccc(F)cc1F. The molecule has 2 aliphatic rings. The van der Waals surface area contributed by atoms with Crippen LogP contribution in [-0.4, -0.2) is 36.6 Å². The van der Waals surface area contributed by atoms with E-state index in [0.29, 0.717) is 23.7 Å². The zero-order chi connectivity index (χ0) is 15.0. The molecule has 2 fully saturated rings. The fourth-order valence-corrected chi connectivity index (χ4v) is 3.77. The lowest BCUT2D eigenvalue weighted by atomic mass is 9.91. The van der Waals surface area contributed by atoms with Gasteiger partial charge in [-0.1, -0.05) is 20.3 Å². The van der Waals surface area contributed by atoms with E-state index in [9.17, 15) is 8.78 Å². The van der Waals surface area contributed by atoms with Crippen LogP contribution in [0.2, 0.25) is 0 Å². The molecule has 3 rings (SSSR count). The maximum Gasteiger partial charge on any atom is 0.149 e. The van der Waals surface area contributed by atoms with E-state index in [0.717, 1.165) is 25.7 Å². The number of hydrogen-bond donors (Lipinski definition) is 0. The van der Waals surface area contributed by atoms with Gasteiger partial charge >= 0.3 is 0 Å². The second-order valence-corrected chi connectivity index (χ2v) is 6.70. The molecule has 2 atom stereocenters. The standard InChI is InChI=1S/C17H24F2N2/c1-12(2)17-11-20-8-4-3-5-14(20)10-21(17)16-7-6-13(18)9-15(16)19/h6-7,9,12,14,17H,3-5,8,10-11H2,1-2H3. The average Bonchev–Trinajstić information content (AvgIpc) is 2.46. The first-order valence-electron chi connectivity index (χ1n) is 8.02. The van der Waals surface area contributed by atoms with Crippen LogP contribution in [0, 0.1) is 17.6 Å². The van der Waals surface area contributed by atoms with Crippen molar-refractivity contribution in [1.29, 1.82) is 0 Å². The number of nitrogens with zero attached hydrogens (tertiary/aromatic N) is 2. The minimum atomic E-state index is -0.506. The Labute approximate surface area is 125 Å². The minimum Gasteiger partial charge on any atom is -0.363 e. The summed E-state index contributed by atoms with van der Waals surface area (Å²) in [6.45, 7) is 7.37. The Balaban J connectivity index is 1.90. The van der Waals surface area contributed by atoms with Crippen molar-refractivity contribution in [3.05, 3.63) is 29.8 Å². The lowest BCUT2D eigenvalue weighted by Gasteiger charge is -2.50. The number of piperidine rings is 1. The summed E-state index contributed by atoms with van der Waals surface area (Å²) in [5.74, 6) is -0.504. The highest BCUT2D eigenvalue weighted by molar-refractivity contribution is 5.50. The summed E-state index contributed by atoms with van der Waals surface area (Å²) in [5, 5.41) is 0. The molecule has 116 valence electrons. The molecular formula is C17H24F2N2. The number of anilines is 1. The van der Waals surface area contributed by atoms with Crippen molar-refractivity contribution >= 4 is 5.69 Å². The first-order chi connectivity index (χ1) is 10.1. The predicted octanol–water partition coefficient (Wildman–Crippen LogP) is 3.66. The molecule has 4 heteroatoms. The minimum absolute atomic E-state index is 0.291. The third kappa shape index (κ3) is 2.91. The molecule has 1 aromatic rings. The number of piperazine rings is 1. The van der Waals surface area contributed by atoms with Crippen LogP contribution in [-0.2, 0) is 0 Å². The fourth-order valence-electron chi connectivity index (χ4n) is 3.77. The van der Waals surface area contributed by atoms with Crippen LogP contribution >= 0.6 is 0 Å². The van der Waals surface area contributed by atoms with Gasteiger partial charge in [0.15, 0.2) is 0 Å². The Bertz CT molecular complexity index is 504. The molecule has 0 aliphatic carbocycles. The third-order valence-corrected chi connectivity index (χ3v) is 4.97. The Hall–Kier alpha value is -1.16. The molecule has 2 nitrogen and oxygen atoms in total. The van der Waals surface area contributed by atoms with E-state index in [-0.39, 0.29) is 0 Å². The zero-order valence-electron chi connectivity index (χ0n) is 12.9. The lowest BCUT2D eigenvalue weighted by molar-refractivity contribution is 0.100. The Kier molecular flexibility index (Phi) is 4.16. The van der Waals surface area contributed by atoms with Gasteiger partial charge in [-0.25, -0.2) is 8.78 Å². The monoisotopic (exact) mass is 294 g/mol. The zero-order valence-corrected chi connectivity index (χ0v) is 12.9. The predicted molar refractivity (Wildman–Crippen MR) is 81.5 cm³/mol. The van der Waals surface area contributed by atoms with Crippen molar-refractivity contribution < 1.29 is 8.78 Å². The van der Waals surface area contributed by atoms with E-state index in [4.69, 9.17) is 0 Å². The Morgan fingerprint density at radius 2 is 1.95 bits per heavy atom. The molecular weight excluding hydrogens is 270 g/mol. The van der Waals surface area contributed by atoms with Gasteiger partial charge in [-0.2, -0.15) is 0 Å². The van der Waals surface area contributed by atoms with Crippen molar-refractivity contribution in [2.24, 2.45) is 5.92 Å². The summed E-state index contributed by atoms with van der Waals surface area (Å²) in [7, 11) is 0. The molecule has 0 N–H and O–H groups in total. The van der Waals surface area contributed by atoms with Crippen LogP contribution in [0.25, 0.3) is 0 Å². The number of halogens is 2. The Morgan fingerprint density at radius 1 is 1.14 bits per heavy atom. The summed E-state index contributed by atoms with van der Waals surface area (Å²) >= 11 is 0. The number of fused-ring (bicyclic) bond motifs is 1. The smallest absolute Gasteiger partial charge is 0.149 e. The van der Waals surface area contributed by atoms with Gasteiger partial charge in [0.2, 0.25) is 0 Å². The van der Waals surface area contributed by atoms with Crippen LogP contribution < -0.4 is 4.90 Å². The number of hydrogen-bond acceptors (Lipinski definition) is 2. The highest BCUT2D eigenvalue weighted by atomic mass is 19.1. The van der Waals surface area contributed by atoms with Gasteiger partial charge < -0.3 is 4.90 Å². The van der Waals surface area contributed by atoms with Gasteiger partial charge in [0.25, 0.3) is 0 Å². The van der Waals surface area contributed by atoms with Crippen LogP contribution in [0.5, 0.6) is 0 Å². The maximum absolute atomic E-state index is 14.2. The molecule has 0 amide bonds. The highest BCUT2D eigenvalue weighted by Crippen LogP contribution is 2.32. The number of benzene rings is 1. The molecule has 0 radical (unpaired) electrons. The number of rotatable bonds is 2. The van der Waals surface area contributed by atoms with Crippen molar-refractivity contribution in [3.8, 4) is 0 Å². The van der Waals surface area contributed by atoms with Gasteiger partial charge in [0.1, 0.15) is 11.6 Å². The summed E-state index contributed by atoms with van der Waals surface area (Å²) < 4.78 is 27.4. The molecule has 2 saturated heterocycles. The molecule has 2 aliphatic heterocycles. The van der Waals surface area contributed by atoms with Crippen molar-refractivity contribution in [2.75, 3.05) is 24.5 Å². The molecule has 0 saturated carbocycles. The van der Waals surface area contributed by atoms with Gasteiger partial charge in [-0.05, 0) is 37.4 Å². The van der Waals surface area contributed by atoms with E-state index in [1.807, 2.05) is 0 Å². The second-order valence-electron chi connectivity index (χ2n) is 6.70. The summed E-state index contributed by atoms with van der Waals surface area (Å²) in [4.78, 5) is 4.73. The van der Waals surface area contributed by atoms with Crippen molar-refractivity contribution in [1.82, 2.24) is 4.90 Å². The normalized spacial score (nSPS) is 27.0. The molecule has 21 heavy (non-hydrogen) atoms. The molecule has 2 unspecified atom stereocenters. The maximum atomic E-state index is 14.2. The van der Waals surface area contributed by atoms with E-state index in [2.05, 4.69) is 23.6 Å². The molecule has 0 bridgehead atoms. The first kappa shape index (κ1) is 14.8. The van der Waals surface area contributed by atoms with E-state index in [1.165, 1.54) is 25.3 Å². The third-order valence-electron chi connectivity index (χ3n) is 4.97. The molecule has 0 spiro atoms. The quantitative estimate of drug-likeness (QED) is 0.821. The van der Waals surface area contributed by atoms with Crippen molar-refractivity contribution in [2.45, 2.75) is 45.2 Å². The highest BCUT2D eigenvalue weighted by Gasteiger charge is 2.37. The lowest BCUT2D eigenvalue weighted by Crippen LogP contribution is -2.61. The molecule has 1 aromatic carbocycles. The van der Waals surface area contributed by atoms with E-state index in [1.54, 1.807) is 6.07 Å². The van der Waals surface area contributed by atoms with Crippen LogP contribution in [0.4, 0.5) is 14.5 Å². The van der Waals surface area contributed by atoms with Crippen LogP contribution in [0.1, 0.15) is 33.1 Å². The van der Waals surface area contributed by atoms with Gasteiger partial charge in [-0.3, -0.25) is 4.90 Å². The van der Waals surface area contributed by atoms with E-state index >= 15 is 0 Å². The molecule has 2 heterocycles. The summed E-state index contributed by atoms with van der Waals surface area (Å²) in [5.41, 5.74) is 0.556. The van der Waals surface area contributed by atoms with Gasteiger partial charge in [0, 0.05) is 31.2 Å².